The minimum absolute atomic E-state index is 0.0222. The van der Waals surface area contributed by atoms with E-state index in [1.165, 1.54) is 6.07 Å². The number of ether oxygens (including phenoxy) is 1. The van der Waals surface area contributed by atoms with Gasteiger partial charge in [-0.05, 0) is 0 Å². The molecule has 8 nitrogen and oxygen atoms in total. The van der Waals surface area contributed by atoms with Gasteiger partial charge in [-0.2, -0.15) is 5.26 Å². The van der Waals surface area contributed by atoms with Gasteiger partial charge in [-0.25, -0.2) is 4.98 Å². The first-order valence-electron chi connectivity index (χ1n) is 5.70. The summed E-state index contributed by atoms with van der Waals surface area (Å²) in [6, 6.07) is 3.09. The first kappa shape index (κ1) is 13.2. The summed E-state index contributed by atoms with van der Waals surface area (Å²) in [6.07, 6.45) is 1.11. The molecular weight excluding hydrogens is 250 g/mol. The Bertz CT molecular complexity index is 528. The molecule has 1 aliphatic heterocycles. The van der Waals surface area contributed by atoms with Crippen LogP contribution in [0.5, 0.6) is 0 Å². The highest BCUT2D eigenvalue weighted by Gasteiger charge is 2.28. The Labute approximate surface area is 109 Å². The second-order valence-electron chi connectivity index (χ2n) is 4.14. The van der Waals surface area contributed by atoms with Gasteiger partial charge in [0.2, 0.25) is 0 Å². The fourth-order valence-corrected chi connectivity index (χ4v) is 1.98. The molecule has 0 amide bonds. The molecule has 1 saturated heterocycles. The van der Waals surface area contributed by atoms with Crippen molar-refractivity contribution in [3.63, 3.8) is 0 Å². The summed E-state index contributed by atoms with van der Waals surface area (Å²) in [5.41, 5.74) is -0.0501. The van der Waals surface area contributed by atoms with Gasteiger partial charge >= 0.3 is 0 Å². The predicted molar refractivity (Wildman–Crippen MR) is 66.7 cm³/mol. The highest BCUT2D eigenvalue weighted by molar-refractivity contribution is 5.56. The van der Waals surface area contributed by atoms with Gasteiger partial charge in [-0.1, -0.05) is 0 Å². The van der Waals surface area contributed by atoms with Crippen LogP contribution in [0, 0.1) is 21.4 Å². The van der Waals surface area contributed by atoms with Gasteiger partial charge in [0, 0.05) is 26.3 Å². The van der Waals surface area contributed by atoms with E-state index in [9.17, 15) is 10.1 Å². The molecule has 8 heteroatoms. The van der Waals surface area contributed by atoms with Gasteiger partial charge in [0.25, 0.3) is 5.69 Å². The van der Waals surface area contributed by atoms with E-state index in [-0.39, 0.29) is 23.4 Å². The third-order valence-corrected chi connectivity index (χ3v) is 2.99. The maximum atomic E-state index is 10.6. The quantitative estimate of drug-likeness (QED) is 0.591. The Morgan fingerprint density at radius 3 is 3.11 bits per heavy atom. The van der Waals surface area contributed by atoms with Gasteiger partial charge in [0.15, 0.2) is 0 Å². The summed E-state index contributed by atoms with van der Waals surface area (Å²) < 4.78 is 5.29. The maximum absolute atomic E-state index is 10.6. The summed E-state index contributed by atoms with van der Waals surface area (Å²) in [6.45, 7) is 1.39. The SMILES string of the molecule is CO[C@H]1CNCC1Nc1ncc([N+](=O)[O-])cc1C#N. The molecule has 2 heterocycles. The Kier molecular flexibility index (Phi) is 3.89. The van der Waals surface area contributed by atoms with Crippen LogP contribution < -0.4 is 10.6 Å². The number of methoxy groups -OCH3 is 1. The molecule has 0 bridgehead atoms. The van der Waals surface area contributed by atoms with Crippen molar-refractivity contribution in [3.8, 4) is 6.07 Å². The molecule has 2 N–H and O–H groups in total. The summed E-state index contributed by atoms with van der Waals surface area (Å²) in [5, 5.41) is 25.9. The average molecular weight is 263 g/mol. The molecule has 1 aliphatic rings. The maximum Gasteiger partial charge on any atom is 0.289 e. The van der Waals surface area contributed by atoms with E-state index < -0.39 is 4.92 Å². The first-order chi connectivity index (χ1) is 9.15. The van der Waals surface area contributed by atoms with Crippen molar-refractivity contribution in [1.82, 2.24) is 10.3 Å². The van der Waals surface area contributed by atoms with Crippen LogP contribution in [-0.2, 0) is 4.74 Å². The van der Waals surface area contributed by atoms with Crippen LogP contribution in [0.2, 0.25) is 0 Å². The molecule has 0 saturated carbocycles. The number of nitriles is 1. The summed E-state index contributed by atoms with van der Waals surface area (Å²) >= 11 is 0. The minimum Gasteiger partial charge on any atom is -0.378 e. The molecule has 1 fully saturated rings. The van der Waals surface area contributed by atoms with E-state index in [2.05, 4.69) is 15.6 Å². The van der Waals surface area contributed by atoms with Crippen molar-refractivity contribution < 1.29 is 9.66 Å². The monoisotopic (exact) mass is 263 g/mol. The molecular formula is C11H13N5O3. The van der Waals surface area contributed by atoms with Gasteiger partial charge in [0.1, 0.15) is 23.6 Å². The molecule has 0 aromatic carbocycles. The molecule has 0 aliphatic carbocycles. The predicted octanol–water partition coefficient (Wildman–Crippen LogP) is 0.260. The van der Waals surface area contributed by atoms with Crippen molar-refractivity contribution in [2.45, 2.75) is 12.1 Å². The average Bonchev–Trinajstić information content (AvgIpc) is 2.86. The molecule has 1 aromatic rings. The number of nitrogens with one attached hydrogen (secondary N) is 2. The van der Waals surface area contributed by atoms with Crippen molar-refractivity contribution in [2.75, 3.05) is 25.5 Å². The lowest BCUT2D eigenvalue weighted by atomic mass is 10.2. The normalized spacial score (nSPS) is 21.9. The Morgan fingerprint density at radius 2 is 2.47 bits per heavy atom. The van der Waals surface area contributed by atoms with E-state index in [1.807, 2.05) is 6.07 Å². The molecule has 1 unspecified atom stereocenters. The molecule has 0 spiro atoms. The summed E-state index contributed by atoms with van der Waals surface area (Å²) in [4.78, 5) is 14.0. The van der Waals surface area contributed by atoms with Gasteiger partial charge in [-0.3, -0.25) is 10.1 Å². The Hall–Kier alpha value is -2.24. The highest BCUT2D eigenvalue weighted by atomic mass is 16.6. The van der Waals surface area contributed by atoms with Crippen LogP contribution in [0.4, 0.5) is 11.5 Å². The molecule has 2 rings (SSSR count). The molecule has 1 aromatic heterocycles. The van der Waals surface area contributed by atoms with Crippen molar-refractivity contribution in [1.29, 1.82) is 5.26 Å². The molecule has 2 atom stereocenters. The van der Waals surface area contributed by atoms with E-state index in [0.717, 1.165) is 6.20 Å². The second-order valence-corrected chi connectivity index (χ2v) is 4.14. The smallest absolute Gasteiger partial charge is 0.289 e. The molecule has 100 valence electrons. The fraction of sp³-hybridized carbons (Fsp3) is 0.455. The van der Waals surface area contributed by atoms with Gasteiger partial charge in [-0.15, -0.1) is 0 Å². The van der Waals surface area contributed by atoms with Crippen LogP contribution in [-0.4, -0.2) is 42.3 Å². The minimum atomic E-state index is -0.577. The van der Waals surface area contributed by atoms with E-state index in [4.69, 9.17) is 10.00 Å². The van der Waals surface area contributed by atoms with E-state index in [0.29, 0.717) is 18.9 Å². The number of hydrogen-bond donors (Lipinski definition) is 2. The lowest BCUT2D eigenvalue weighted by Crippen LogP contribution is -2.34. The third-order valence-electron chi connectivity index (χ3n) is 2.99. The van der Waals surface area contributed by atoms with Crippen LogP contribution in [0.15, 0.2) is 12.3 Å². The summed E-state index contributed by atoms with van der Waals surface area (Å²) in [5.74, 6) is 0.337. The zero-order chi connectivity index (χ0) is 13.8. The number of nitrogens with zero attached hydrogens (tertiary/aromatic N) is 3. The van der Waals surface area contributed by atoms with Crippen molar-refractivity contribution in [2.24, 2.45) is 0 Å². The van der Waals surface area contributed by atoms with E-state index in [1.54, 1.807) is 7.11 Å². The number of aromatic nitrogens is 1. The first-order valence-corrected chi connectivity index (χ1v) is 5.70. The van der Waals surface area contributed by atoms with Gasteiger partial charge in [0.05, 0.1) is 17.1 Å². The second kappa shape index (κ2) is 5.60. The zero-order valence-corrected chi connectivity index (χ0v) is 10.3. The Balaban J connectivity index is 2.21. The van der Waals surface area contributed by atoms with Crippen LogP contribution >= 0.6 is 0 Å². The van der Waals surface area contributed by atoms with Crippen LogP contribution in [0.3, 0.4) is 0 Å². The molecule has 19 heavy (non-hydrogen) atoms. The number of anilines is 1. The standard InChI is InChI=1S/C11H13N5O3/c1-19-10-6-13-5-9(10)15-11-7(3-12)2-8(4-14-11)16(17)18/h2,4,9-10,13H,5-6H2,1H3,(H,14,15)/t9?,10-/m0/s1. The fourth-order valence-electron chi connectivity index (χ4n) is 1.98. The highest BCUT2D eigenvalue weighted by Crippen LogP contribution is 2.20. The number of hydrogen-bond acceptors (Lipinski definition) is 7. The zero-order valence-electron chi connectivity index (χ0n) is 10.3. The summed E-state index contributed by atoms with van der Waals surface area (Å²) in [7, 11) is 1.61. The van der Waals surface area contributed by atoms with Crippen molar-refractivity contribution >= 4 is 11.5 Å². The number of rotatable bonds is 4. The molecule has 0 radical (unpaired) electrons. The van der Waals surface area contributed by atoms with Crippen molar-refractivity contribution in [3.05, 3.63) is 27.9 Å². The van der Waals surface area contributed by atoms with Crippen LogP contribution in [0.25, 0.3) is 0 Å². The number of pyridine rings is 1. The van der Waals surface area contributed by atoms with E-state index >= 15 is 0 Å². The topological polar surface area (TPSA) is 113 Å². The largest absolute Gasteiger partial charge is 0.378 e. The third kappa shape index (κ3) is 2.78. The number of nitro groups is 1. The van der Waals surface area contributed by atoms with Gasteiger partial charge < -0.3 is 15.4 Å². The lowest BCUT2D eigenvalue weighted by molar-refractivity contribution is -0.385. The van der Waals surface area contributed by atoms with Crippen LogP contribution in [0.1, 0.15) is 5.56 Å². The lowest BCUT2D eigenvalue weighted by Gasteiger charge is -2.19. The Morgan fingerprint density at radius 1 is 1.68 bits per heavy atom.